The molecule has 0 bridgehead atoms. The van der Waals surface area contributed by atoms with Crippen molar-refractivity contribution in [2.75, 3.05) is 5.73 Å². The van der Waals surface area contributed by atoms with E-state index in [1.54, 1.807) is 6.07 Å². The van der Waals surface area contributed by atoms with Gasteiger partial charge in [-0.1, -0.05) is 4.85 Å². The van der Waals surface area contributed by atoms with Gasteiger partial charge in [-0.05, 0) is 0 Å². The van der Waals surface area contributed by atoms with E-state index in [-0.39, 0.29) is 11.4 Å². The third-order valence-electron chi connectivity index (χ3n) is 0.908. The van der Waals surface area contributed by atoms with Crippen molar-refractivity contribution in [2.45, 2.75) is 0 Å². The van der Waals surface area contributed by atoms with Crippen molar-refractivity contribution >= 4 is 5.82 Å². The monoisotopic (exact) mass is 124 g/mol. The summed E-state index contributed by atoms with van der Waals surface area (Å²) >= 11 is 0. The molecule has 46 valence electrons. The maximum atomic E-state index is 8.60. The predicted octanol–water partition coefficient (Wildman–Crippen LogP) is -0.426. The zero-order chi connectivity index (χ0) is 6.85. The first kappa shape index (κ1) is 5.44. The summed E-state index contributed by atoms with van der Waals surface area (Å²) < 4.78 is 0. The highest BCUT2D eigenvalue weighted by atomic mass is 16.5. The van der Waals surface area contributed by atoms with E-state index in [9.17, 15) is 0 Å². The van der Waals surface area contributed by atoms with Gasteiger partial charge in [-0.15, -0.1) is 5.10 Å². The normalized spacial score (nSPS) is 8.78. The van der Waals surface area contributed by atoms with Gasteiger partial charge in [0, 0.05) is 0 Å². The molecule has 0 unspecified atom stereocenters. The van der Waals surface area contributed by atoms with Crippen LogP contribution in [0.25, 0.3) is 0 Å². The van der Waals surface area contributed by atoms with E-state index in [1.807, 2.05) is 0 Å². The standard InChI is InChI=1S/C4H4N4O/c5-1-3-2-7-8(9)4(3)6/h2,9H,6H2. The molecular weight excluding hydrogens is 120 g/mol. The summed E-state index contributed by atoms with van der Waals surface area (Å²) in [6.07, 6.45) is 1.19. The molecule has 0 spiro atoms. The van der Waals surface area contributed by atoms with Crippen molar-refractivity contribution in [2.24, 2.45) is 0 Å². The van der Waals surface area contributed by atoms with E-state index in [0.29, 0.717) is 4.85 Å². The van der Waals surface area contributed by atoms with Crippen LogP contribution in [0, 0.1) is 11.3 Å². The fourth-order valence-electron chi connectivity index (χ4n) is 0.435. The summed E-state index contributed by atoms with van der Waals surface area (Å²) in [5.41, 5.74) is 5.32. The van der Waals surface area contributed by atoms with Crippen LogP contribution >= 0.6 is 0 Å². The highest BCUT2D eigenvalue weighted by molar-refractivity contribution is 5.46. The maximum Gasteiger partial charge on any atom is 0.181 e. The molecular formula is C4H4N4O. The van der Waals surface area contributed by atoms with Crippen LogP contribution in [0.3, 0.4) is 0 Å². The summed E-state index contributed by atoms with van der Waals surface area (Å²) in [7, 11) is 0. The van der Waals surface area contributed by atoms with Gasteiger partial charge in [0.15, 0.2) is 5.82 Å². The molecule has 9 heavy (non-hydrogen) atoms. The van der Waals surface area contributed by atoms with Gasteiger partial charge >= 0.3 is 0 Å². The third kappa shape index (κ3) is 0.659. The van der Waals surface area contributed by atoms with Gasteiger partial charge in [0.25, 0.3) is 0 Å². The lowest BCUT2D eigenvalue weighted by molar-refractivity contribution is 0.155. The Morgan fingerprint density at radius 3 is 2.78 bits per heavy atom. The van der Waals surface area contributed by atoms with Gasteiger partial charge in [-0.2, -0.15) is 5.26 Å². The molecule has 0 aliphatic carbocycles. The van der Waals surface area contributed by atoms with E-state index in [2.05, 4.69) is 5.10 Å². The first-order valence-electron chi connectivity index (χ1n) is 2.18. The van der Waals surface area contributed by atoms with E-state index < -0.39 is 0 Å². The Hall–Kier alpha value is -1.70. The third-order valence-corrected chi connectivity index (χ3v) is 0.908. The van der Waals surface area contributed by atoms with Crippen LogP contribution in [0.2, 0.25) is 0 Å². The lowest BCUT2D eigenvalue weighted by atomic mass is 10.4. The van der Waals surface area contributed by atoms with Crippen molar-refractivity contribution in [3.05, 3.63) is 11.8 Å². The molecule has 0 aliphatic heterocycles. The number of hydrogen-bond donors (Lipinski definition) is 2. The fraction of sp³-hybridized carbons (Fsp3) is 0. The van der Waals surface area contributed by atoms with Crippen molar-refractivity contribution in [3.63, 3.8) is 0 Å². The molecule has 1 heterocycles. The van der Waals surface area contributed by atoms with Crippen LogP contribution in [0.5, 0.6) is 0 Å². The molecule has 0 saturated heterocycles. The molecule has 0 radical (unpaired) electrons. The summed E-state index contributed by atoms with van der Waals surface area (Å²) in [6.45, 7) is 0. The average Bonchev–Trinajstić information content (AvgIpc) is 2.15. The molecule has 1 aromatic heterocycles. The van der Waals surface area contributed by atoms with Gasteiger partial charge in [-0.25, -0.2) is 0 Å². The van der Waals surface area contributed by atoms with Gasteiger partial charge in [0.05, 0.1) is 6.20 Å². The van der Waals surface area contributed by atoms with Gasteiger partial charge in [-0.3, -0.25) is 0 Å². The summed E-state index contributed by atoms with van der Waals surface area (Å²) in [6, 6.07) is 1.75. The molecule has 5 heteroatoms. The van der Waals surface area contributed by atoms with Crippen LogP contribution in [-0.4, -0.2) is 15.2 Å². The van der Waals surface area contributed by atoms with Crippen LogP contribution < -0.4 is 5.73 Å². The number of anilines is 1. The largest absolute Gasteiger partial charge is 0.410 e. The second kappa shape index (κ2) is 1.67. The fourth-order valence-corrected chi connectivity index (χ4v) is 0.435. The predicted molar refractivity (Wildman–Crippen MR) is 28.5 cm³/mol. The Morgan fingerprint density at radius 2 is 2.56 bits per heavy atom. The Labute approximate surface area is 50.9 Å². The highest BCUT2D eigenvalue weighted by Crippen LogP contribution is 2.05. The minimum Gasteiger partial charge on any atom is -0.410 e. The SMILES string of the molecule is N#Cc1cnn(O)c1N. The zero-order valence-corrected chi connectivity index (χ0v) is 4.44. The zero-order valence-electron chi connectivity index (χ0n) is 4.44. The number of aromatic nitrogens is 2. The minimum atomic E-state index is -0.0301. The van der Waals surface area contributed by atoms with Crippen molar-refractivity contribution in [1.29, 1.82) is 5.26 Å². The molecule has 0 aromatic carbocycles. The quantitative estimate of drug-likeness (QED) is 0.459. The number of nitrogens with two attached hydrogens (primary N) is 1. The molecule has 0 aliphatic rings. The van der Waals surface area contributed by atoms with Gasteiger partial charge in [0.1, 0.15) is 11.6 Å². The Bertz CT molecular complexity index is 258. The molecule has 0 fully saturated rings. The van der Waals surface area contributed by atoms with E-state index >= 15 is 0 Å². The molecule has 1 aromatic rings. The van der Waals surface area contributed by atoms with E-state index in [1.165, 1.54) is 6.20 Å². The van der Waals surface area contributed by atoms with Crippen molar-refractivity contribution < 1.29 is 5.21 Å². The van der Waals surface area contributed by atoms with Crippen LogP contribution in [-0.2, 0) is 0 Å². The molecule has 1 rings (SSSR count). The average molecular weight is 124 g/mol. The summed E-state index contributed by atoms with van der Waals surface area (Å²) in [5.74, 6) is -0.0301. The Morgan fingerprint density at radius 1 is 1.89 bits per heavy atom. The number of hydrogen-bond acceptors (Lipinski definition) is 4. The lowest BCUT2D eigenvalue weighted by Gasteiger charge is -1.87. The summed E-state index contributed by atoms with van der Waals surface area (Å²) in [4.78, 5) is 0.457. The van der Waals surface area contributed by atoms with Crippen molar-refractivity contribution in [3.8, 4) is 6.07 Å². The van der Waals surface area contributed by atoms with E-state index in [0.717, 1.165) is 0 Å². The van der Waals surface area contributed by atoms with E-state index in [4.69, 9.17) is 16.2 Å². The Balaban J connectivity index is 3.24. The molecule has 3 N–H and O–H groups in total. The van der Waals surface area contributed by atoms with Gasteiger partial charge in [0.2, 0.25) is 0 Å². The number of rotatable bonds is 0. The first-order valence-corrected chi connectivity index (χ1v) is 2.18. The minimum absolute atomic E-state index is 0.0301. The Kier molecular flexibility index (Phi) is 1.01. The summed E-state index contributed by atoms with van der Waals surface area (Å²) in [5, 5.41) is 20.1. The maximum absolute atomic E-state index is 8.60. The molecule has 0 atom stereocenters. The molecule has 0 amide bonds. The smallest absolute Gasteiger partial charge is 0.181 e. The van der Waals surface area contributed by atoms with Crippen LogP contribution in [0.4, 0.5) is 5.82 Å². The first-order chi connectivity index (χ1) is 4.25. The second-order valence-electron chi connectivity index (χ2n) is 1.44. The van der Waals surface area contributed by atoms with Gasteiger partial charge < -0.3 is 10.9 Å². The van der Waals surface area contributed by atoms with Crippen molar-refractivity contribution in [1.82, 2.24) is 9.94 Å². The van der Waals surface area contributed by atoms with Crippen LogP contribution in [0.15, 0.2) is 6.20 Å². The van der Waals surface area contributed by atoms with Crippen LogP contribution in [0.1, 0.15) is 5.56 Å². The number of nitrogens with zero attached hydrogens (tertiary/aromatic N) is 3. The molecule has 5 nitrogen and oxygen atoms in total. The second-order valence-corrected chi connectivity index (χ2v) is 1.44. The number of nitriles is 1. The molecule has 0 saturated carbocycles. The highest BCUT2D eigenvalue weighted by Gasteiger charge is 2.02. The lowest BCUT2D eigenvalue weighted by Crippen LogP contribution is -1.99. The number of nitrogen functional groups attached to an aromatic ring is 1. The topological polar surface area (TPSA) is 87.9 Å².